The predicted molar refractivity (Wildman–Crippen MR) is 177 cm³/mol. The zero-order valence-corrected chi connectivity index (χ0v) is 23.5. The molecule has 0 fully saturated rings. The van der Waals surface area contributed by atoms with Gasteiger partial charge in [-0.1, -0.05) is 146 Å². The van der Waals surface area contributed by atoms with E-state index in [0.717, 1.165) is 22.3 Å². The maximum absolute atomic E-state index is 8.68. The molecule has 0 aliphatic heterocycles. The molecule has 3 heteroatoms. The van der Waals surface area contributed by atoms with E-state index in [1.54, 1.807) is 0 Å². The third kappa shape index (κ3) is 5.67. The number of hydrogen-bond donors (Lipinski definition) is 2. The molecule has 0 bridgehead atoms. The monoisotopic (exact) mass is 541 g/mol. The van der Waals surface area contributed by atoms with Crippen LogP contribution in [0.5, 0.6) is 0 Å². The van der Waals surface area contributed by atoms with Gasteiger partial charge in [-0.15, -0.1) is 0 Å². The van der Waals surface area contributed by atoms with E-state index >= 15 is 0 Å². The van der Waals surface area contributed by atoms with Gasteiger partial charge in [-0.25, -0.2) is 4.99 Å². The fraction of sp³-hybridized carbons (Fsp3) is 0.0256. The highest BCUT2D eigenvalue weighted by molar-refractivity contribution is 6.10. The molecule has 0 saturated carbocycles. The molecule has 6 aromatic rings. The highest BCUT2D eigenvalue weighted by atomic mass is 15.0. The molecule has 0 radical (unpaired) electrons. The van der Waals surface area contributed by atoms with Crippen LogP contribution in [0.3, 0.4) is 0 Å². The largest absolute Gasteiger partial charge is 0.373 e. The van der Waals surface area contributed by atoms with Crippen LogP contribution in [-0.4, -0.2) is 18.7 Å². The van der Waals surface area contributed by atoms with E-state index in [9.17, 15) is 0 Å². The number of hydrogen-bond acceptors (Lipinski definition) is 1. The summed E-state index contributed by atoms with van der Waals surface area (Å²) in [7, 11) is 1.83. The van der Waals surface area contributed by atoms with Gasteiger partial charge in [0.05, 0.1) is 0 Å². The molecule has 202 valence electrons. The number of nitrogens with zero attached hydrogens (tertiary/aromatic N) is 1. The average molecular weight is 542 g/mol. The molecule has 0 spiro atoms. The average Bonchev–Trinajstić information content (AvgIpc) is 3.08. The van der Waals surface area contributed by atoms with E-state index in [4.69, 9.17) is 5.41 Å². The van der Waals surface area contributed by atoms with Gasteiger partial charge in [0.15, 0.2) is 5.84 Å². The van der Waals surface area contributed by atoms with E-state index in [1.165, 1.54) is 33.4 Å². The Morgan fingerprint density at radius 2 is 0.929 bits per heavy atom. The number of nitrogens with one attached hydrogen (secondary N) is 2. The number of rotatable bonds is 6. The third-order valence-corrected chi connectivity index (χ3v) is 7.37. The van der Waals surface area contributed by atoms with Crippen molar-refractivity contribution in [3.8, 4) is 44.5 Å². The lowest BCUT2D eigenvalue weighted by Gasteiger charge is -2.19. The molecule has 0 aromatic heterocycles. The Morgan fingerprint density at radius 1 is 0.476 bits per heavy atom. The normalized spacial score (nSPS) is 11.2. The zero-order valence-electron chi connectivity index (χ0n) is 23.5. The van der Waals surface area contributed by atoms with Gasteiger partial charge in [0, 0.05) is 18.2 Å². The van der Waals surface area contributed by atoms with Gasteiger partial charge >= 0.3 is 0 Å². The highest BCUT2D eigenvalue weighted by Gasteiger charge is 2.17. The lowest BCUT2D eigenvalue weighted by atomic mass is 9.84. The molecule has 0 heterocycles. The van der Waals surface area contributed by atoms with E-state index in [-0.39, 0.29) is 5.84 Å². The van der Waals surface area contributed by atoms with Crippen LogP contribution >= 0.6 is 0 Å². The predicted octanol–water partition coefficient (Wildman–Crippen LogP) is 9.35. The van der Waals surface area contributed by atoms with E-state index < -0.39 is 0 Å². The van der Waals surface area contributed by atoms with E-state index in [1.807, 2.05) is 49.5 Å². The molecule has 42 heavy (non-hydrogen) atoms. The lowest BCUT2D eigenvalue weighted by Crippen LogP contribution is -2.21. The molecule has 2 N–H and O–H groups in total. The summed E-state index contributed by atoms with van der Waals surface area (Å²) in [6, 6.07) is 54.4. The molecule has 0 amide bonds. The first-order valence-corrected chi connectivity index (χ1v) is 14.1. The van der Waals surface area contributed by atoms with Crippen molar-refractivity contribution in [2.75, 3.05) is 7.05 Å². The van der Waals surface area contributed by atoms with Crippen LogP contribution in [0.4, 0.5) is 0 Å². The van der Waals surface area contributed by atoms with Crippen molar-refractivity contribution >= 4 is 11.7 Å². The smallest absolute Gasteiger partial charge is 0.154 e. The fourth-order valence-corrected chi connectivity index (χ4v) is 5.27. The Morgan fingerprint density at radius 3 is 1.40 bits per heavy atom. The molecular weight excluding hydrogens is 510 g/mol. The quantitative estimate of drug-likeness (QED) is 0.160. The third-order valence-electron chi connectivity index (χ3n) is 7.37. The summed E-state index contributed by atoms with van der Waals surface area (Å²) in [6.45, 7) is 0. The van der Waals surface area contributed by atoms with Crippen LogP contribution in [0.1, 0.15) is 11.1 Å². The zero-order chi connectivity index (χ0) is 28.7. The van der Waals surface area contributed by atoms with Crippen LogP contribution in [0, 0.1) is 5.41 Å². The lowest BCUT2D eigenvalue weighted by molar-refractivity contribution is 1.16. The standard InChI is InChI=1S/C39H31N3/c1-41-39(33-20-12-5-13-21-33)42-38(40)32-24-22-28(23-25-32)34-26-35(29-14-6-2-7-15-29)37(31-18-10-4-11-19-31)36(27-34)30-16-8-3-9-17-30/h2-27H,1H3,(H2,40,41,42). The molecule has 0 aliphatic rings. The summed E-state index contributed by atoms with van der Waals surface area (Å²) in [6.07, 6.45) is 0. The van der Waals surface area contributed by atoms with Crippen molar-refractivity contribution < 1.29 is 0 Å². The van der Waals surface area contributed by atoms with E-state index in [0.29, 0.717) is 5.84 Å². The second-order valence-electron chi connectivity index (χ2n) is 10.0. The summed E-state index contributed by atoms with van der Waals surface area (Å²) >= 11 is 0. The Hall–Kier alpha value is -5.54. The van der Waals surface area contributed by atoms with Gasteiger partial charge in [-0.2, -0.15) is 0 Å². The van der Waals surface area contributed by atoms with Crippen LogP contribution in [-0.2, 0) is 0 Å². The second-order valence-corrected chi connectivity index (χ2v) is 10.0. The Kier molecular flexibility index (Phi) is 7.82. The van der Waals surface area contributed by atoms with Gasteiger partial charge < -0.3 is 5.32 Å². The summed E-state index contributed by atoms with van der Waals surface area (Å²) < 4.78 is 0. The molecular formula is C39H31N3. The molecule has 3 nitrogen and oxygen atoms in total. The maximum atomic E-state index is 8.68. The summed E-state index contributed by atoms with van der Waals surface area (Å²) in [5.41, 5.74) is 11.0. The maximum Gasteiger partial charge on any atom is 0.154 e. The van der Waals surface area contributed by atoms with Crippen molar-refractivity contribution in [3.05, 3.63) is 169 Å². The summed E-state index contributed by atoms with van der Waals surface area (Å²) in [4.78, 5) is 4.58. The first-order valence-electron chi connectivity index (χ1n) is 14.1. The minimum Gasteiger partial charge on any atom is -0.373 e. The first-order chi connectivity index (χ1) is 20.7. The molecule has 0 atom stereocenters. The minimum atomic E-state index is 0.212. The van der Waals surface area contributed by atoms with Gasteiger partial charge in [-0.05, 0) is 56.6 Å². The number of aliphatic imine (C=N–C) groups is 1. The van der Waals surface area contributed by atoms with Crippen molar-refractivity contribution in [2.24, 2.45) is 4.99 Å². The molecule has 6 aromatic carbocycles. The van der Waals surface area contributed by atoms with Gasteiger partial charge in [0.25, 0.3) is 0 Å². The molecule has 0 unspecified atom stereocenters. The van der Waals surface area contributed by atoms with Crippen LogP contribution in [0.2, 0.25) is 0 Å². The van der Waals surface area contributed by atoms with Gasteiger partial charge in [0.1, 0.15) is 5.84 Å². The second kappa shape index (κ2) is 12.3. The van der Waals surface area contributed by atoms with Crippen molar-refractivity contribution in [2.45, 2.75) is 0 Å². The minimum absolute atomic E-state index is 0.212. The fourth-order valence-electron chi connectivity index (χ4n) is 5.27. The Bertz CT molecular complexity index is 1770. The van der Waals surface area contributed by atoms with Crippen LogP contribution in [0.25, 0.3) is 44.5 Å². The molecule has 6 rings (SSSR count). The molecule has 0 saturated heterocycles. The van der Waals surface area contributed by atoms with Crippen molar-refractivity contribution in [3.63, 3.8) is 0 Å². The van der Waals surface area contributed by atoms with Crippen molar-refractivity contribution in [1.29, 1.82) is 5.41 Å². The highest BCUT2D eigenvalue weighted by Crippen LogP contribution is 2.43. The number of amidine groups is 2. The van der Waals surface area contributed by atoms with Gasteiger partial charge in [-0.3, -0.25) is 5.41 Å². The summed E-state index contributed by atoms with van der Waals surface area (Å²) in [5.74, 6) is 0.880. The summed E-state index contributed by atoms with van der Waals surface area (Å²) in [5, 5.41) is 11.8. The van der Waals surface area contributed by atoms with Gasteiger partial charge in [0.2, 0.25) is 0 Å². The van der Waals surface area contributed by atoms with Crippen LogP contribution < -0.4 is 5.32 Å². The van der Waals surface area contributed by atoms with Crippen molar-refractivity contribution in [1.82, 2.24) is 5.32 Å². The Labute approximate surface area is 247 Å². The molecule has 0 aliphatic carbocycles. The SMILES string of the molecule is CNC(=NC(=N)c1ccc(-c2cc(-c3ccccc3)c(-c3ccccc3)c(-c3ccccc3)c2)cc1)c1ccccc1. The number of benzene rings is 6. The topological polar surface area (TPSA) is 48.2 Å². The van der Waals surface area contributed by atoms with E-state index in [2.05, 4.69) is 126 Å². The Balaban J connectivity index is 1.46. The van der Waals surface area contributed by atoms with Crippen LogP contribution in [0.15, 0.2) is 163 Å². The first kappa shape index (κ1) is 26.7.